The van der Waals surface area contributed by atoms with Crippen LogP contribution in [0.4, 0.5) is 0 Å². The smallest absolute Gasteiger partial charge is 0.0802 e. The van der Waals surface area contributed by atoms with Gasteiger partial charge in [0.1, 0.15) is 0 Å². The molecule has 0 aliphatic heterocycles. The third-order valence-electron chi connectivity index (χ3n) is 0.345. The topological polar surface area (TPSA) is 40.1 Å². The second kappa shape index (κ2) is 3.63. The maximum atomic E-state index is 9.86. The van der Waals surface area contributed by atoms with E-state index in [2.05, 4.69) is 47.8 Å². The van der Waals surface area contributed by atoms with Gasteiger partial charge in [-0.25, -0.2) is 0 Å². The quantitative estimate of drug-likeness (QED) is 0.680. The molecular formula is C3Br3O2-. The summed E-state index contributed by atoms with van der Waals surface area (Å²) in [5.74, 6) is -1.26. The lowest BCUT2D eigenvalue weighted by atomic mass is 10.7. The molecule has 0 aromatic carbocycles. The standard InChI is InChI=1S/C3HBr3O2/c4-1(2(5)6)3(7)8/h(H,7,8)/p-1. The van der Waals surface area contributed by atoms with Crippen LogP contribution in [-0.4, -0.2) is 5.97 Å². The highest BCUT2D eigenvalue weighted by Crippen LogP contribution is 2.22. The Labute approximate surface area is 71.3 Å². The van der Waals surface area contributed by atoms with Gasteiger partial charge >= 0.3 is 0 Å². The Morgan fingerprint density at radius 3 is 1.62 bits per heavy atom. The van der Waals surface area contributed by atoms with Crippen LogP contribution in [0.2, 0.25) is 0 Å². The predicted molar refractivity (Wildman–Crippen MR) is 38.8 cm³/mol. The van der Waals surface area contributed by atoms with Gasteiger partial charge in [0.15, 0.2) is 0 Å². The fourth-order valence-electron chi connectivity index (χ4n) is 0.0772. The molecular weight excluding hydrogens is 308 g/mol. The van der Waals surface area contributed by atoms with Crippen molar-refractivity contribution in [1.82, 2.24) is 0 Å². The van der Waals surface area contributed by atoms with E-state index in [9.17, 15) is 9.90 Å². The molecule has 0 aromatic heterocycles. The van der Waals surface area contributed by atoms with Gasteiger partial charge in [0, 0.05) is 0 Å². The van der Waals surface area contributed by atoms with Crippen LogP contribution in [0, 0.1) is 0 Å². The van der Waals surface area contributed by atoms with Crippen LogP contribution in [0.25, 0.3) is 0 Å². The van der Waals surface area contributed by atoms with E-state index >= 15 is 0 Å². The normalized spacial score (nSPS) is 8.38. The summed E-state index contributed by atoms with van der Waals surface area (Å²) in [6.07, 6.45) is 0. The monoisotopic (exact) mass is 305 g/mol. The number of carboxylic acid groups (broad SMARTS) is 1. The van der Waals surface area contributed by atoms with Gasteiger partial charge < -0.3 is 9.90 Å². The van der Waals surface area contributed by atoms with Gasteiger partial charge in [-0.05, 0) is 47.8 Å². The molecule has 0 aliphatic rings. The first-order valence-corrected chi connectivity index (χ1v) is 3.85. The minimum Gasteiger partial charge on any atom is -0.544 e. The molecule has 0 heterocycles. The minimum absolute atomic E-state index is 0.0301. The van der Waals surface area contributed by atoms with Gasteiger partial charge in [-0.2, -0.15) is 0 Å². The predicted octanol–water partition coefficient (Wildman–Crippen LogP) is 1.09. The second-order valence-electron chi connectivity index (χ2n) is 0.862. The van der Waals surface area contributed by atoms with Crippen molar-refractivity contribution in [2.45, 2.75) is 0 Å². The summed E-state index contributed by atoms with van der Waals surface area (Å²) in [6, 6.07) is 0. The van der Waals surface area contributed by atoms with E-state index in [-0.39, 0.29) is 4.48 Å². The molecule has 0 saturated heterocycles. The van der Waals surface area contributed by atoms with E-state index in [1.54, 1.807) is 0 Å². The maximum Gasteiger partial charge on any atom is 0.0802 e. The highest BCUT2D eigenvalue weighted by atomic mass is 79.9. The molecule has 0 N–H and O–H groups in total. The number of hydrogen-bond acceptors (Lipinski definition) is 2. The van der Waals surface area contributed by atoms with Crippen molar-refractivity contribution < 1.29 is 9.90 Å². The van der Waals surface area contributed by atoms with Gasteiger partial charge in [-0.15, -0.1) is 0 Å². The van der Waals surface area contributed by atoms with Crippen molar-refractivity contribution in [2.24, 2.45) is 0 Å². The van der Waals surface area contributed by atoms with Crippen LogP contribution in [-0.2, 0) is 4.79 Å². The molecule has 0 radical (unpaired) electrons. The van der Waals surface area contributed by atoms with Crippen molar-refractivity contribution in [2.75, 3.05) is 0 Å². The number of rotatable bonds is 1. The van der Waals surface area contributed by atoms with Gasteiger partial charge in [0.05, 0.1) is 13.8 Å². The van der Waals surface area contributed by atoms with Gasteiger partial charge in [0.25, 0.3) is 0 Å². The van der Waals surface area contributed by atoms with E-state index in [1.165, 1.54) is 0 Å². The number of carbonyl (C=O) groups excluding carboxylic acids is 1. The fraction of sp³-hybridized carbons (Fsp3) is 0. The van der Waals surface area contributed by atoms with Crippen molar-refractivity contribution in [3.8, 4) is 0 Å². The number of carbonyl (C=O) groups is 1. The number of aliphatic carboxylic acids is 1. The molecule has 0 rings (SSSR count). The minimum atomic E-state index is -1.26. The first-order valence-electron chi connectivity index (χ1n) is 1.48. The van der Waals surface area contributed by atoms with Crippen molar-refractivity contribution >= 4 is 53.8 Å². The zero-order chi connectivity index (χ0) is 6.73. The molecule has 2 nitrogen and oxygen atoms in total. The van der Waals surface area contributed by atoms with Crippen LogP contribution in [0.1, 0.15) is 0 Å². The summed E-state index contributed by atoms with van der Waals surface area (Å²) in [6.45, 7) is 0. The van der Waals surface area contributed by atoms with E-state index in [1.807, 2.05) is 0 Å². The zero-order valence-electron chi connectivity index (χ0n) is 3.45. The van der Waals surface area contributed by atoms with Crippen LogP contribution >= 0.6 is 47.8 Å². The van der Waals surface area contributed by atoms with Crippen LogP contribution in [0.5, 0.6) is 0 Å². The van der Waals surface area contributed by atoms with Gasteiger partial charge in [-0.3, -0.25) is 0 Å². The first-order chi connectivity index (χ1) is 3.55. The Morgan fingerprint density at radius 1 is 1.25 bits per heavy atom. The molecule has 0 spiro atoms. The largest absolute Gasteiger partial charge is 0.544 e. The number of halogens is 3. The Bertz CT molecular complexity index is 135. The molecule has 0 atom stereocenters. The zero-order valence-corrected chi connectivity index (χ0v) is 8.21. The lowest BCUT2D eigenvalue weighted by Gasteiger charge is -1.97. The Hall–Kier alpha value is 0.650. The van der Waals surface area contributed by atoms with Crippen LogP contribution in [0.15, 0.2) is 7.87 Å². The molecule has 0 fully saturated rings. The summed E-state index contributed by atoms with van der Waals surface area (Å²) >= 11 is 8.47. The lowest BCUT2D eigenvalue weighted by molar-refractivity contribution is -0.297. The number of carboxylic acids is 1. The molecule has 0 bridgehead atoms. The van der Waals surface area contributed by atoms with Crippen LogP contribution < -0.4 is 5.11 Å². The number of hydrogen-bond donors (Lipinski definition) is 0. The van der Waals surface area contributed by atoms with Crippen molar-refractivity contribution in [1.29, 1.82) is 0 Å². The van der Waals surface area contributed by atoms with Crippen molar-refractivity contribution in [3.05, 3.63) is 7.87 Å². The van der Waals surface area contributed by atoms with Gasteiger partial charge in [0.2, 0.25) is 0 Å². The lowest BCUT2D eigenvalue weighted by Crippen LogP contribution is -2.21. The van der Waals surface area contributed by atoms with Crippen molar-refractivity contribution in [3.63, 3.8) is 0 Å². The average molecular weight is 308 g/mol. The Kier molecular flexibility index (Phi) is 3.93. The highest BCUT2D eigenvalue weighted by Gasteiger charge is 1.95. The highest BCUT2D eigenvalue weighted by molar-refractivity contribution is 9.29. The van der Waals surface area contributed by atoms with E-state index in [0.29, 0.717) is 3.39 Å². The molecule has 0 amide bonds. The fourth-order valence-corrected chi connectivity index (χ4v) is 0.401. The third kappa shape index (κ3) is 2.84. The Balaban J connectivity index is 4.23. The molecule has 5 heteroatoms. The van der Waals surface area contributed by atoms with Gasteiger partial charge in [-0.1, -0.05) is 0 Å². The molecule has 46 valence electrons. The molecule has 0 aromatic rings. The summed E-state index contributed by atoms with van der Waals surface area (Å²) in [5.41, 5.74) is 0. The average Bonchev–Trinajstić information content (AvgIpc) is 1.64. The molecule has 8 heavy (non-hydrogen) atoms. The summed E-state index contributed by atoms with van der Waals surface area (Å²) in [5, 5.41) is 9.86. The molecule has 0 aliphatic carbocycles. The first kappa shape index (κ1) is 8.65. The Morgan fingerprint density at radius 2 is 1.62 bits per heavy atom. The summed E-state index contributed by atoms with van der Waals surface area (Å²) in [4.78, 5) is 9.86. The molecule has 0 unspecified atom stereocenters. The van der Waals surface area contributed by atoms with Crippen LogP contribution in [0.3, 0.4) is 0 Å². The van der Waals surface area contributed by atoms with E-state index in [0.717, 1.165) is 0 Å². The maximum absolute atomic E-state index is 9.86. The second-order valence-corrected chi connectivity index (χ2v) is 4.30. The SMILES string of the molecule is O=C([O-])C(Br)=C(Br)Br. The third-order valence-corrected chi connectivity index (χ3v) is 2.92. The summed E-state index contributed by atoms with van der Waals surface area (Å²) in [7, 11) is 0. The summed E-state index contributed by atoms with van der Waals surface area (Å²) < 4.78 is 0.308. The van der Waals surface area contributed by atoms with E-state index < -0.39 is 5.97 Å². The molecule has 0 saturated carbocycles. The van der Waals surface area contributed by atoms with E-state index in [4.69, 9.17) is 0 Å².